The summed E-state index contributed by atoms with van der Waals surface area (Å²) < 4.78 is 5.45. The molecule has 1 heterocycles. The molecule has 0 spiro atoms. The van der Waals surface area contributed by atoms with Gasteiger partial charge in [0.15, 0.2) is 0 Å². The highest BCUT2D eigenvalue weighted by Gasteiger charge is 2.33. The topological polar surface area (TPSA) is 41.6 Å². The first-order chi connectivity index (χ1) is 9.87. The van der Waals surface area contributed by atoms with Crippen LogP contribution in [-0.2, 0) is 4.74 Å². The molecule has 21 heavy (non-hydrogen) atoms. The van der Waals surface area contributed by atoms with Crippen LogP contribution in [0.3, 0.4) is 0 Å². The van der Waals surface area contributed by atoms with Crippen LogP contribution in [0.5, 0.6) is 0 Å². The summed E-state index contributed by atoms with van der Waals surface area (Å²) in [5, 5.41) is 3.54. The van der Waals surface area contributed by atoms with Crippen LogP contribution in [-0.4, -0.2) is 42.3 Å². The predicted octanol–water partition coefficient (Wildman–Crippen LogP) is 3.03. The highest BCUT2D eigenvalue weighted by atomic mass is 16.6. The normalized spacial score (nSPS) is 19.9. The van der Waals surface area contributed by atoms with Gasteiger partial charge in [0.25, 0.3) is 0 Å². The minimum Gasteiger partial charge on any atom is -0.444 e. The smallest absolute Gasteiger partial charge is 0.410 e. The molecule has 1 N–H and O–H groups in total. The van der Waals surface area contributed by atoms with Gasteiger partial charge < -0.3 is 15.0 Å². The number of hydrogen-bond acceptors (Lipinski definition) is 3. The molecule has 0 radical (unpaired) electrons. The first-order valence-electron chi connectivity index (χ1n) is 7.98. The van der Waals surface area contributed by atoms with Crippen LogP contribution in [0.1, 0.15) is 53.9 Å². The Kier molecular flexibility index (Phi) is 7.04. The molecule has 1 rings (SSSR count). The number of carbonyl (C=O) groups is 1. The number of rotatable bonds is 5. The molecular weight excluding hydrogens is 264 g/mol. The molecule has 120 valence electrons. The lowest BCUT2D eigenvalue weighted by atomic mass is 9.95. The molecule has 4 nitrogen and oxygen atoms in total. The lowest BCUT2D eigenvalue weighted by Gasteiger charge is -2.26. The summed E-state index contributed by atoms with van der Waals surface area (Å²) in [5.74, 6) is 6.57. The van der Waals surface area contributed by atoms with Gasteiger partial charge >= 0.3 is 6.09 Å². The van der Waals surface area contributed by atoms with Gasteiger partial charge in [-0.25, -0.2) is 4.79 Å². The third-order valence-electron chi connectivity index (χ3n) is 3.67. The van der Waals surface area contributed by atoms with E-state index in [-0.39, 0.29) is 6.09 Å². The van der Waals surface area contributed by atoms with Crippen LogP contribution >= 0.6 is 0 Å². The number of ether oxygens (including phenoxy) is 1. The third kappa shape index (κ3) is 6.39. The summed E-state index contributed by atoms with van der Waals surface area (Å²) in [6.45, 7) is 12.2. The maximum atomic E-state index is 12.1. The molecule has 0 aromatic heterocycles. The molecule has 0 aromatic carbocycles. The van der Waals surface area contributed by atoms with Crippen LogP contribution < -0.4 is 5.32 Å². The van der Waals surface area contributed by atoms with Gasteiger partial charge in [0.2, 0.25) is 0 Å². The summed E-state index contributed by atoms with van der Waals surface area (Å²) in [5.41, 5.74) is -0.424. The first kappa shape index (κ1) is 17.8. The average Bonchev–Trinajstić information content (AvgIpc) is 2.85. The quantitative estimate of drug-likeness (QED) is 0.793. The van der Waals surface area contributed by atoms with E-state index in [1.807, 2.05) is 32.6 Å². The third-order valence-corrected chi connectivity index (χ3v) is 3.67. The maximum absolute atomic E-state index is 12.1. The average molecular weight is 294 g/mol. The minimum absolute atomic E-state index is 0.186. The number of nitrogens with zero attached hydrogens (tertiary/aromatic N) is 1. The van der Waals surface area contributed by atoms with Crippen molar-refractivity contribution in [1.29, 1.82) is 0 Å². The van der Waals surface area contributed by atoms with Crippen molar-refractivity contribution in [3.05, 3.63) is 0 Å². The predicted molar refractivity (Wildman–Crippen MR) is 86.1 cm³/mol. The van der Waals surface area contributed by atoms with Crippen LogP contribution in [0.25, 0.3) is 0 Å². The minimum atomic E-state index is -0.424. The fourth-order valence-corrected chi connectivity index (χ4v) is 2.73. The molecule has 1 amide bonds. The van der Waals surface area contributed by atoms with Crippen molar-refractivity contribution in [2.24, 2.45) is 5.92 Å². The zero-order valence-electron chi connectivity index (χ0n) is 14.2. The summed E-state index contributed by atoms with van der Waals surface area (Å²) >= 11 is 0. The van der Waals surface area contributed by atoms with Crippen LogP contribution in [0.15, 0.2) is 0 Å². The Morgan fingerprint density at radius 2 is 2.19 bits per heavy atom. The second-order valence-electron chi connectivity index (χ2n) is 6.60. The molecule has 1 aliphatic heterocycles. The number of likely N-dealkylation sites (tertiary alicyclic amines) is 1. The summed E-state index contributed by atoms with van der Waals surface area (Å²) in [6, 6.07) is 0.434. The highest BCUT2D eigenvalue weighted by Crippen LogP contribution is 2.24. The van der Waals surface area contributed by atoms with Crippen molar-refractivity contribution >= 4 is 6.09 Å². The van der Waals surface area contributed by atoms with E-state index in [2.05, 4.69) is 24.1 Å². The van der Waals surface area contributed by atoms with E-state index < -0.39 is 5.60 Å². The standard InChI is InChI=1S/C17H30N2O2/c1-6-8-9-10-15(18-7-2)14-11-12-19(13-14)16(20)21-17(3,4)5/h14-15,18H,7,9-13H2,1-5H3. The van der Waals surface area contributed by atoms with Crippen molar-refractivity contribution in [2.45, 2.75) is 65.5 Å². The van der Waals surface area contributed by atoms with E-state index in [1.165, 1.54) is 0 Å². The van der Waals surface area contributed by atoms with E-state index in [9.17, 15) is 4.79 Å². The Bertz CT molecular complexity index is 390. The Hall–Kier alpha value is -1.21. The second kappa shape index (κ2) is 8.29. The zero-order chi connectivity index (χ0) is 15.9. The van der Waals surface area contributed by atoms with Crippen molar-refractivity contribution in [2.75, 3.05) is 19.6 Å². The molecule has 1 fully saturated rings. The molecule has 0 saturated carbocycles. The van der Waals surface area contributed by atoms with Crippen molar-refractivity contribution in [3.8, 4) is 11.8 Å². The number of hydrogen-bond donors (Lipinski definition) is 1. The first-order valence-corrected chi connectivity index (χ1v) is 7.98. The van der Waals surface area contributed by atoms with Crippen LogP contribution in [0.4, 0.5) is 4.79 Å². The van der Waals surface area contributed by atoms with E-state index >= 15 is 0 Å². The van der Waals surface area contributed by atoms with Gasteiger partial charge in [-0.1, -0.05) is 6.92 Å². The second-order valence-corrected chi connectivity index (χ2v) is 6.60. The molecule has 0 bridgehead atoms. The van der Waals surface area contributed by atoms with Crippen molar-refractivity contribution < 1.29 is 9.53 Å². The lowest BCUT2D eigenvalue weighted by Crippen LogP contribution is -2.40. The van der Waals surface area contributed by atoms with Crippen LogP contribution in [0, 0.1) is 17.8 Å². The Labute approximate surface area is 129 Å². The van der Waals surface area contributed by atoms with Gasteiger partial charge in [0.1, 0.15) is 5.60 Å². The molecule has 4 heteroatoms. The van der Waals surface area contributed by atoms with Gasteiger partial charge in [-0.3, -0.25) is 0 Å². The van der Waals surface area contributed by atoms with Gasteiger partial charge in [-0.2, -0.15) is 0 Å². The van der Waals surface area contributed by atoms with E-state index in [0.29, 0.717) is 12.0 Å². The molecular formula is C17H30N2O2. The van der Waals surface area contributed by atoms with Gasteiger partial charge in [-0.05, 0) is 53.0 Å². The number of nitrogens with one attached hydrogen (secondary N) is 1. The lowest BCUT2D eigenvalue weighted by molar-refractivity contribution is 0.0285. The summed E-state index contributed by atoms with van der Waals surface area (Å²) in [7, 11) is 0. The molecule has 0 aromatic rings. The fraction of sp³-hybridized carbons (Fsp3) is 0.824. The Morgan fingerprint density at radius 1 is 1.48 bits per heavy atom. The monoisotopic (exact) mass is 294 g/mol. The molecule has 0 aliphatic carbocycles. The van der Waals surface area contributed by atoms with E-state index in [0.717, 1.165) is 38.9 Å². The van der Waals surface area contributed by atoms with E-state index in [4.69, 9.17) is 4.74 Å². The van der Waals surface area contributed by atoms with Crippen molar-refractivity contribution in [3.63, 3.8) is 0 Å². The Balaban J connectivity index is 2.52. The maximum Gasteiger partial charge on any atom is 0.410 e. The fourth-order valence-electron chi connectivity index (χ4n) is 2.73. The van der Waals surface area contributed by atoms with Gasteiger partial charge in [-0.15, -0.1) is 11.8 Å². The van der Waals surface area contributed by atoms with E-state index in [1.54, 1.807) is 0 Å². The molecule has 1 saturated heterocycles. The summed E-state index contributed by atoms with van der Waals surface area (Å²) in [4.78, 5) is 13.9. The molecule has 2 unspecified atom stereocenters. The van der Waals surface area contributed by atoms with Gasteiger partial charge in [0.05, 0.1) is 0 Å². The zero-order valence-corrected chi connectivity index (χ0v) is 14.2. The van der Waals surface area contributed by atoms with Crippen LogP contribution in [0.2, 0.25) is 0 Å². The number of amides is 1. The molecule has 2 atom stereocenters. The summed E-state index contributed by atoms with van der Waals surface area (Å²) in [6.07, 6.45) is 2.81. The molecule has 1 aliphatic rings. The SMILES string of the molecule is CC#CCCC(NCC)C1CCN(C(=O)OC(C)(C)C)C1. The van der Waals surface area contributed by atoms with Gasteiger partial charge in [0, 0.05) is 25.6 Å². The largest absolute Gasteiger partial charge is 0.444 e. The number of carbonyl (C=O) groups excluding carboxylic acids is 1. The Morgan fingerprint density at radius 3 is 2.76 bits per heavy atom. The highest BCUT2D eigenvalue weighted by molar-refractivity contribution is 5.68. The van der Waals surface area contributed by atoms with Crippen molar-refractivity contribution in [1.82, 2.24) is 10.2 Å².